The van der Waals surface area contributed by atoms with E-state index in [4.69, 9.17) is 0 Å². The van der Waals surface area contributed by atoms with Crippen molar-refractivity contribution < 1.29 is 5.11 Å². The Morgan fingerprint density at radius 2 is 0.796 bits per heavy atom. The second-order valence-electron chi connectivity index (χ2n) is 17.9. The Hall–Kier alpha value is -1.95. The summed E-state index contributed by atoms with van der Waals surface area (Å²) >= 11 is 0. The number of aliphatic hydroxyl groups is 1. The van der Waals surface area contributed by atoms with Gasteiger partial charge in [-0.2, -0.15) is 0 Å². The predicted molar refractivity (Wildman–Crippen MR) is 221 cm³/mol. The van der Waals surface area contributed by atoms with Crippen LogP contribution in [0.15, 0.2) is 42.5 Å². The minimum Gasteiger partial charge on any atom is -0.393 e. The first-order chi connectivity index (χ1) is 22.9. The average molecular weight is 683 g/mol. The molecule has 1 aliphatic rings. The molecule has 0 bridgehead atoms. The molecule has 1 N–H and O–H groups in total. The topological polar surface area (TPSA) is 20.2 Å². The van der Waals surface area contributed by atoms with E-state index in [0.29, 0.717) is 58.7 Å². The van der Waals surface area contributed by atoms with Gasteiger partial charge < -0.3 is 5.11 Å². The molecule has 0 saturated carbocycles. The standard InChI is InChI=1S/C47H71OP/c1-26(2)34-20-39(28(5)6)45(40(21-34)29(7)8)37-18-17-19-38(46-41(30(9)10)22-35(27(3)4)23-42(46)31(11)12)47(37)49-43(32(13)14)24-36(48)25-44(49)33(15)16/h17-23,26-33,36,43-44,48H,24-25H2,1-16H3. The van der Waals surface area contributed by atoms with Crippen LogP contribution >= 0.6 is 7.92 Å². The van der Waals surface area contributed by atoms with E-state index in [1.54, 1.807) is 5.30 Å². The van der Waals surface area contributed by atoms with Crippen molar-refractivity contribution in [1.82, 2.24) is 0 Å². The van der Waals surface area contributed by atoms with Crippen LogP contribution in [0.2, 0.25) is 0 Å². The SMILES string of the molecule is CC(C)c1cc(C(C)C)c(-c2cccc(-c3c(C(C)C)cc(C(C)C)cc3C(C)C)c2P2C(C(C)C)CC(O)CC2C(C)C)c(C(C)C)c1. The third kappa shape index (κ3) is 8.25. The summed E-state index contributed by atoms with van der Waals surface area (Å²) in [5, 5.41) is 13.0. The Balaban J connectivity index is 2.32. The summed E-state index contributed by atoms with van der Waals surface area (Å²) in [7, 11) is -0.615. The molecule has 0 amide bonds. The lowest BCUT2D eigenvalue weighted by Gasteiger charge is -2.46. The fraction of sp³-hybridized carbons (Fsp3) is 0.617. The molecule has 2 unspecified atom stereocenters. The fourth-order valence-electron chi connectivity index (χ4n) is 8.40. The minimum absolute atomic E-state index is 0.222. The quantitative estimate of drug-likeness (QED) is 0.200. The molecule has 2 heteroatoms. The Morgan fingerprint density at radius 1 is 0.490 bits per heavy atom. The van der Waals surface area contributed by atoms with E-state index in [1.165, 1.54) is 55.6 Å². The van der Waals surface area contributed by atoms with E-state index >= 15 is 0 Å². The van der Waals surface area contributed by atoms with Crippen LogP contribution in [0, 0.1) is 11.8 Å². The van der Waals surface area contributed by atoms with Gasteiger partial charge in [-0.15, -0.1) is 0 Å². The molecule has 1 fully saturated rings. The van der Waals surface area contributed by atoms with Gasteiger partial charge in [-0.25, -0.2) is 0 Å². The summed E-state index contributed by atoms with van der Waals surface area (Å²) in [6.07, 6.45) is 1.59. The molecule has 0 radical (unpaired) electrons. The van der Waals surface area contributed by atoms with E-state index in [0.717, 1.165) is 12.8 Å². The second kappa shape index (κ2) is 16.2. The van der Waals surface area contributed by atoms with Gasteiger partial charge in [0.05, 0.1) is 6.10 Å². The van der Waals surface area contributed by atoms with Crippen molar-refractivity contribution in [2.75, 3.05) is 0 Å². The summed E-state index contributed by atoms with van der Waals surface area (Å²) in [6, 6.07) is 17.5. The molecule has 0 aliphatic carbocycles. The van der Waals surface area contributed by atoms with Crippen molar-refractivity contribution >= 4 is 13.2 Å². The Bertz CT molecular complexity index is 1400. The summed E-state index contributed by atoms with van der Waals surface area (Å²) in [5.74, 6) is 3.60. The van der Waals surface area contributed by atoms with E-state index in [2.05, 4.69) is 153 Å². The second-order valence-corrected chi connectivity index (χ2v) is 20.5. The Kier molecular flexibility index (Phi) is 13.1. The van der Waals surface area contributed by atoms with Crippen LogP contribution in [0.1, 0.15) is 193 Å². The van der Waals surface area contributed by atoms with Crippen LogP contribution < -0.4 is 5.30 Å². The highest BCUT2D eigenvalue weighted by molar-refractivity contribution is 7.67. The molecule has 1 aliphatic heterocycles. The maximum Gasteiger partial charge on any atom is 0.0552 e. The molecule has 1 heterocycles. The van der Waals surface area contributed by atoms with Gasteiger partial charge in [0.2, 0.25) is 0 Å². The van der Waals surface area contributed by atoms with Gasteiger partial charge in [0.1, 0.15) is 0 Å². The van der Waals surface area contributed by atoms with Crippen LogP contribution in [0.3, 0.4) is 0 Å². The summed E-state index contributed by atoms with van der Waals surface area (Å²) < 4.78 is 0. The van der Waals surface area contributed by atoms with Crippen molar-refractivity contribution in [3.05, 3.63) is 75.8 Å². The minimum atomic E-state index is -0.615. The first kappa shape index (κ1) is 39.8. The molecule has 1 nitrogen and oxygen atoms in total. The number of aliphatic hydroxyl groups excluding tert-OH is 1. The van der Waals surface area contributed by atoms with Gasteiger partial charge in [-0.1, -0.05) is 161 Å². The normalized spacial score (nSPS) is 20.4. The fourth-order valence-corrected chi connectivity index (χ4v) is 12.7. The zero-order valence-corrected chi connectivity index (χ0v) is 35.1. The van der Waals surface area contributed by atoms with Gasteiger partial charge in [0.15, 0.2) is 0 Å². The molecule has 4 rings (SSSR count). The third-order valence-electron chi connectivity index (χ3n) is 11.4. The number of rotatable bonds is 11. The lowest BCUT2D eigenvalue weighted by atomic mass is 9.79. The largest absolute Gasteiger partial charge is 0.393 e. The maximum absolute atomic E-state index is 11.4. The first-order valence-corrected chi connectivity index (χ1v) is 21.3. The average Bonchev–Trinajstić information content (AvgIpc) is 3.02. The van der Waals surface area contributed by atoms with Crippen LogP contribution in [-0.2, 0) is 0 Å². The number of benzene rings is 3. The monoisotopic (exact) mass is 683 g/mol. The Morgan fingerprint density at radius 3 is 1.04 bits per heavy atom. The van der Waals surface area contributed by atoms with Gasteiger partial charge in [0, 0.05) is 0 Å². The summed E-state index contributed by atoms with van der Waals surface area (Å²) in [4.78, 5) is 0. The molecule has 49 heavy (non-hydrogen) atoms. The smallest absolute Gasteiger partial charge is 0.0552 e. The molecule has 3 aromatic carbocycles. The van der Waals surface area contributed by atoms with Crippen LogP contribution in [0.25, 0.3) is 22.3 Å². The van der Waals surface area contributed by atoms with Crippen molar-refractivity contribution in [2.24, 2.45) is 11.8 Å². The molecular formula is C47H71OP. The highest BCUT2D eigenvalue weighted by atomic mass is 31.1. The highest BCUT2D eigenvalue weighted by Gasteiger charge is 2.43. The van der Waals surface area contributed by atoms with E-state index < -0.39 is 7.92 Å². The van der Waals surface area contributed by atoms with E-state index in [9.17, 15) is 5.11 Å². The third-order valence-corrected chi connectivity index (χ3v) is 15.4. The summed E-state index contributed by atoms with van der Waals surface area (Å²) in [5.41, 5.74) is 15.7. The van der Waals surface area contributed by atoms with Gasteiger partial charge >= 0.3 is 0 Å². The zero-order valence-electron chi connectivity index (χ0n) is 34.2. The molecule has 0 spiro atoms. The number of hydrogen-bond donors (Lipinski definition) is 1. The Labute approximate surface area is 303 Å². The molecule has 0 aromatic heterocycles. The highest BCUT2D eigenvalue weighted by Crippen LogP contribution is 2.61. The van der Waals surface area contributed by atoms with Crippen molar-refractivity contribution in [3.8, 4) is 22.3 Å². The van der Waals surface area contributed by atoms with Crippen LogP contribution in [0.5, 0.6) is 0 Å². The van der Waals surface area contributed by atoms with Crippen molar-refractivity contribution in [3.63, 3.8) is 0 Å². The first-order valence-electron chi connectivity index (χ1n) is 19.8. The molecule has 3 aromatic rings. The van der Waals surface area contributed by atoms with Crippen LogP contribution in [0.4, 0.5) is 0 Å². The maximum atomic E-state index is 11.4. The van der Waals surface area contributed by atoms with Gasteiger partial charge in [0.25, 0.3) is 0 Å². The van der Waals surface area contributed by atoms with Crippen molar-refractivity contribution in [2.45, 2.75) is 177 Å². The molecule has 270 valence electrons. The predicted octanol–water partition coefficient (Wildman–Crippen LogP) is 14.1. The lowest BCUT2D eigenvalue weighted by molar-refractivity contribution is 0.135. The van der Waals surface area contributed by atoms with Crippen LogP contribution in [-0.4, -0.2) is 22.5 Å². The molecule has 1 saturated heterocycles. The van der Waals surface area contributed by atoms with E-state index in [-0.39, 0.29) is 6.10 Å². The molecular weight excluding hydrogens is 611 g/mol. The van der Waals surface area contributed by atoms with Crippen molar-refractivity contribution in [1.29, 1.82) is 0 Å². The number of hydrogen-bond acceptors (Lipinski definition) is 1. The molecule has 2 atom stereocenters. The van der Waals surface area contributed by atoms with E-state index in [1.807, 2.05) is 0 Å². The van der Waals surface area contributed by atoms with Gasteiger partial charge in [-0.3, -0.25) is 0 Å². The van der Waals surface area contributed by atoms with Gasteiger partial charge in [-0.05, 0) is 132 Å². The summed E-state index contributed by atoms with van der Waals surface area (Å²) in [6.45, 7) is 38.2. The lowest BCUT2D eigenvalue weighted by Crippen LogP contribution is -2.40. The zero-order chi connectivity index (χ0) is 36.6.